The second kappa shape index (κ2) is 10.9. The highest BCUT2D eigenvalue weighted by Gasteiger charge is 2.31. The molecule has 1 aromatic carbocycles. The van der Waals surface area contributed by atoms with Crippen LogP contribution in [-0.4, -0.2) is 42.7 Å². The second-order valence-corrected chi connectivity index (χ2v) is 9.92. The minimum atomic E-state index is -0.394. The lowest BCUT2D eigenvalue weighted by Gasteiger charge is -2.33. The van der Waals surface area contributed by atoms with E-state index in [0.29, 0.717) is 31.1 Å². The maximum Gasteiger partial charge on any atom is 0.327 e. The van der Waals surface area contributed by atoms with Crippen molar-refractivity contribution < 1.29 is 9.53 Å². The van der Waals surface area contributed by atoms with Crippen molar-refractivity contribution in [2.75, 3.05) is 6.61 Å². The summed E-state index contributed by atoms with van der Waals surface area (Å²) in [5, 5.41) is 15.2. The molecule has 0 amide bonds. The summed E-state index contributed by atoms with van der Waals surface area (Å²) in [6, 6.07) is 11.8. The monoisotopic (exact) mass is 494 g/mol. The standard InChI is InChI=1S/C25H30N6O3S/c1-5-34-22(32)15-31-24(27-28-29-31)23(16(2)3)30(14-20-7-6-10-35-20)13-19-12-18-11-17(4)8-9-21(18)26-25(19)33/h6-12,16,23H,5,13-15H2,1-4H3,(H,26,33)/t23-/m1/s1. The molecule has 9 nitrogen and oxygen atoms in total. The molecule has 35 heavy (non-hydrogen) atoms. The molecule has 0 aliphatic rings. The van der Waals surface area contributed by atoms with E-state index < -0.39 is 5.97 Å². The Kier molecular flexibility index (Phi) is 7.72. The fourth-order valence-corrected chi connectivity index (χ4v) is 5.04. The lowest BCUT2D eigenvalue weighted by molar-refractivity contribution is -0.144. The molecule has 0 radical (unpaired) electrons. The molecule has 3 aromatic heterocycles. The molecular formula is C25H30N6O3S. The van der Waals surface area contributed by atoms with E-state index in [9.17, 15) is 9.59 Å². The van der Waals surface area contributed by atoms with Gasteiger partial charge in [0.25, 0.3) is 5.56 Å². The topological polar surface area (TPSA) is 106 Å². The zero-order chi connectivity index (χ0) is 24.9. The lowest BCUT2D eigenvalue weighted by atomic mass is 10.00. The molecule has 1 atom stereocenters. The molecule has 0 bridgehead atoms. The number of benzene rings is 1. The maximum absolute atomic E-state index is 13.0. The van der Waals surface area contributed by atoms with Gasteiger partial charge in [0, 0.05) is 29.0 Å². The number of aryl methyl sites for hydroxylation is 1. The normalized spacial score (nSPS) is 12.5. The molecule has 0 aliphatic carbocycles. The number of aromatic amines is 1. The van der Waals surface area contributed by atoms with E-state index in [1.807, 2.05) is 36.6 Å². The van der Waals surface area contributed by atoms with Crippen LogP contribution in [0.15, 0.2) is 46.6 Å². The molecule has 1 N–H and O–H groups in total. The Bertz CT molecular complexity index is 1350. The zero-order valence-corrected chi connectivity index (χ0v) is 21.2. The van der Waals surface area contributed by atoms with Gasteiger partial charge in [0.1, 0.15) is 6.54 Å². The number of hydrogen-bond donors (Lipinski definition) is 1. The molecular weight excluding hydrogens is 464 g/mol. The number of fused-ring (bicyclic) bond motifs is 1. The Morgan fingerprint density at radius 3 is 2.77 bits per heavy atom. The quantitative estimate of drug-likeness (QED) is 0.334. The Morgan fingerprint density at radius 1 is 1.23 bits per heavy atom. The van der Waals surface area contributed by atoms with E-state index in [2.05, 4.69) is 51.4 Å². The Labute approximate surface area is 207 Å². The molecule has 0 aliphatic heterocycles. The highest BCUT2D eigenvalue weighted by Crippen LogP contribution is 2.31. The number of thiophene rings is 1. The molecule has 4 aromatic rings. The van der Waals surface area contributed by atoms with Gasteiger partial charge in [0.2, 0.25) is 0 Å². The molecule has 4 rings (SSSR count). The van der Waals surface area contributed by atoms with Crippen molar-refractivity contribution in [3.8, 4) is 0 Å². The van der Waals surface area contributed by atoms with Crippen LogP contribution in [0, 0.1) is 12.8 Å². The first-order chi connectivity index (χ1) is 16.9. The average Bonchev–Trinajstić information content (AvgIpc) is 3.47. The number of nitrogens with zero attached hydrogens (tertiary/aromatic N) is 5. The summed E-state index contributed by atoms with van der Waals surface area (Å²) in [6.07, 6.45) is 0. The first kappa shape index (κ1) is 24.7. The van der Waals surface area contributed by atoms with Gasteiger partial charge in [-0.05, 0) is 65.2 Å². The van der Waals surface area contributed by atoms with Crippen molar-refractivity contribution in [2.24, 2.45) is 5.92 Å². The van der Waals surface area contributed by atoms with Crippen molar-refractivity contribution in [2.45, 2.75) is 53.4 Å². The number of pyridine rings is 1. The number of H-pyrrole nitrogens is 1. The van der Waals surface area contributed by atoms with Gasteiger partial charge in [0.05, 0.1) is 12.6 Å². The molecule has 0 fully saturated rings. The third-order valence-corrected chi connectivity index (χ3v) is 6.68. The van der Waals surface area contributed by atoms with Gasteiger partial charge in [-0.2, -0.15) is 0 Å². The SMILES string of the molecule is CCOC(=O)Cn1nnnc1[C@@H](C(C)C)N(Cc1cccs1)Cc1cc2cc(C)ccc2[nH]c1=O. The second-order valence-electron chi connectivity index (χ2n) is 8.89. The number of rotatable bonds is 10. The van der Waals surface area contributed by atoms with Gasteiger partial charge in [-0.15, -0.1) is 16.4 Å². The number of esters is 1. The summed E-state index contributed by atoms with van der Waals surface area (Å²) >= 11 is 1.66. The van der Waals surface area contributed by atoms with Crippen molar-refractivity contribution in [3.05, 3.63) is 74.0 Å². The number of nitrogens with one attached hydrogen (secondary N) is 1. The Balaban J connectivity index is 1.74. The van der Waals surface area contributed by atoms with E-state index >= 15 is 0 Å². The van der Waals surface area contributed by atoms with Crippen molar-refractivity contribution in [1.29, 1.82) is 0 Å². The molecule has 0 saturated carbocycles. The summed E-state index contributed by atoms with van der Waals surface area (Å²) in [6.45, 7) is 9.20. The Morgan fingerprint density at radius 2 is 2.06 bits per heavy atom. The van der Waals surface area contributed by atoms with Crippen molar-refractivity contribution in [1.82, 2.24) is 30.1 Å². The molecule has 0 unspecified atom stereocenters. The van der Waals surface area contributed by atoms with E-state index in [-0.39, 0.29) is 24.1 Å². The van der Waals surface area contributed by atoms with Crippen LogP contribution >= 0.6 is 11.3 Å². The third kappa shape index (κ3) is 5.83. The third-order valence-electron chi connectivity index (χ3n) is 5.82. The average molecular weight is 495 g/mol. The van der Waals surface area contributed by atoms with Crippen LogP contribution in [-0.2, 0) is 29.2 Å². The number of aromatic nitrogens is 5. The zero-order valence-electron chi connectivity index (χ0n) is 20.4. The van der Waals surface area contributed by atoms with Gasteiger partial charge in [0.15, 0.2) is 5.82 Å². The van der Waals surface area contributed by atoms with E-state index in [4.69, 9.17) is 4.74 Å². The van der Waals surface area contributed by atoms with Crippen molar-refractivity contribution >= 4 is 28.2 Å². The van der Waals surface area contributed by atoms with Gasteiger partial charge in [-0.25, -0.2) is 4.68 Å². The predicted octanol–water partition coefficient (Wildman–Crippen LogP) is 3.85. The predicted molar refractivity (Wildman–Crippen MR) is 135 cm³/mol. The summed E-state index contributed by atoms with van der Waals surface area (Å²) in [5.41, 5.74) is 2.48. The van der Waals surface area contributed by atoms with Crippen LogP contribution in [0.2, 0.25) is 0 Å². The highest BCUT2D eigenvalue weighted by atomic mass is 32.1. The van der Waals surface area contributed by atoms with Gasteiger partial charge >= 0.3 is 5.97 Å². The molecule has 10 heteroatoms. The van der Waals surface area contributed by atoms with Crippen LogP contribution < -0.4 is 5.56 Å². The summed E-state index contributed by atoms with van der Waals surface area (Å²) < 4.78 is 6.60. The fraction of sp³-hybridized carbons (Fsp3) is 0.400. The van der Waals surface area contributed by atoms with Crippen LogP contribution in [0.3, 0.4) is 0 Å². The fourth-order valence-electron chi connectivity index (χ4n) is 4.31. The van der Waals surface area contributed by atoms with Crippen LogP contribution in [0.1, 0.15) is 48.6 Å². The lowest BCUT2D eigenvalue weighted by Crippen LogP contribution is -2.35. The molecule has 0 saturated heterocycles. The summed E-state index contributed by atoms with van der Waals surface area (Å²) in [5.74, 6) is 0.274. The van der Waals surface area contributed by atoms with Gasteiger partial charge in [-0.1, -0.05) is 31.5 Å². The highest BCUT2D eigenvalue weighted by molar-refractivity contribution is 7.09. The summed E-state index contributed by atoms with van der Waals surface area (Å²) in [7, 11) is 0. The van der Waals surface area contributed by atoms with Crippen molar-refractivity contribution in [3.63, 3.8) is 0 Å². The number of hydrogen-bond acceptors (Lipinski definition) is 8. The van der Waals surface area contributed by atoms with E-state index in [1.165, 1.54) is 4.68 Å². The minimum absolute atomic E-state index is 0.0674. The first-order valence-corrected chi connectivity index (χ1v) is 12.5. The maximum atomic E-state index is 13.0. The van der Waals surface area contributed by atoms with E-state index in [0.717, 1.165) is 21.3 Å². The number of carbonyl (C=O) groups excluding carboxylic acids is 1. The van der Waals surface area contributed by atoms with Gasteiger partial charge in [-0.3, -0.25) is 14.5 Å². The van der Waals surface area contributed by atoms with Gasteiger partial charge < -0.3 is 9.72 Å². The molecule has 3 heterocycles. The van der Waals surface area contributed by atoms with Crippen LogP contribution in [0.4, 0.5) is 0 Å². The van der Waals surface area contributed by atoms with Crippen LogP contribution in [0.5, 0.6) is 0 Å². The molecule has 0 spiro atoms. The molecule has 184 valence electrons. The minimum Gasteiger partial charge on any atom is -0.465 e. The number of carbonyl (C=O) groups is 1. The van der Waals surface area contributed by atoms with E-state index in [1.54, 1.807) is 18.3 Å². The number of ether oxygens (including phenoxy) is 1. The van der Waals surface area contributed by atoms with Crippen LogP contribution in [0.25, 0.3) is 10.9 Å². The first-order valence-electron chi connectivity index (χ1n) is 11.7. The smallest absolute Gasteiger partial charge is 0.327 e. The largest absolute Gasteiger partial charge is 0.465 e. The Hall–Kier alpha value is -3.37. The summed E-state index contributed by atoms with van der Waals surface area (Å²) in [4.78, 5) is 31.6. The number of tetrazole rings is 1.